The maximum absolute atomic E-state index is 11.7. The van der Waals surface area contributed by atoms with Crippen molar-refractivity contribution < 1.29 is 4.79 Å². The molecule has 0 saturated heterocycles. The topological polar surface area (TPSA) is 52.9 Å². The van der Waals surface area contributed by atoms with E-state index in [9.17, 15) is 4.79 Å². The molecule has 1 unspecified atom stereocenters. The number of amides is 1. The Morgan fingerprint density at radius 3 is 2.31 bits per heavy atom. The van der Waals surface area contributed by atoms with Crippen molar-refractivity contribution in [1.82, 2.24) is 5.32 Å². The summed E-state index contributed by atoms with van der Waals surface area (Å²) in [7, 11) is 0. The molecule has 0 aliphatic rings. The standard InChI is InChI=1S/C13H24N2O/c1-10(2)7-6-8-11(3)15-12(16)13(4,5)9-14/h10-11H,6-8H2,1-5H3,(H,15,16). The molecule has 92 valence electrons. The fraction of sp³-hybridized carbons (Fsp3) is 0.846. The smallest absolute Gasteiger partial charge is 0.240 e. The molecular formula is C13H24N2O. The highest BCUT2D eigenvalue weighted by atomic mass is 16.2. The van der Waals surface area contributed by atoms with E-state index in [-0.39, 0.29) is 11.9 Å². The predicted molar refractivity (Wildman–Crippen MR) is 65.7 cm³/mol. The molecule has 0 rings (SSSR count). The molecule has 1 N–H and O–H groups in total. The van der Waals surface area contributed by atoms with Gasteiger partial charge < -0.3 is 5.32 Å². The van der Waals surface area contributed by atoms with Crippen LogP contribution in [-0.2, 0) is 4.79 Å². The van der Waals surface area contributed by atoms with Gasteiger partial charge in [0, 0.05) is 6.04 Å². The van der Waals surface area contributed by atoms with Crippen molar-refractivity contribution in [3.63, 3.8) is 0 Å². The molecule has 0 saturated carbocycles. The van der Waals surface area contributed by atoms with Crippen LogP contribution in [0.3, 0.4) is 0 Å². The fourth-order valence-corrected chi connectivity index (χ4v) is 1.36. The highest BCUT2D eigenvalue weighted by Crippen LogP contribution is 2.14. The van der Waals surface area contributed by atoms with Crippen molar-refractivity contribution in [2.45, 2.75) is 59.9 Å². The molecule has 0 heterocycles. The van der Waals surface area contributed by atoms with Crippen LogP contribution in [0.5, 0.6) is 0 Å². The third-order valence-electron chi connectivity index (χ3n) is 2.64. The third kappa shape index (κ3) is 5.75. The highest BCUT2D eigenvalue weighted by molar-refractivity contribution is 5.84. The first-order chi connectivity index (χ1) is 7.29. The van der Waals surface area contributed by atoms with Crippen LogP contribution in [0, 0.1) is 22.7 Å². The molecule has 0 radical (unpaired) electrons. The van der Waals surface area contributed by atoms with Crippen LogP contribution < -0.4 is 5.32 Å². The Hall–Kier alpha value is -1.04. The molecule has 1 atom stereocenters. The van der Waals surface area contributed by atoms with Gasteiger partial charge in [-0.05, 0) is 33.1 Å². The molecule has 3 nitrogen and oxygen atoms in total. The molecule has 0 spiro atoms. The quantitative estimate of drug-likeness (QED) is 0.754. The van der Waals surface area contributed by atoms with Gasteiger partial charge in [-0.25, -0.2) is 0 Å². The SMILES string of the molecule is CC(C)CCCC(C)NC(=O)C(C)(C)C#N. The van der Waals surface area contributed by atoms with E-state index >= 15 is 0 Å². The molecule has 0 bridgehead atoms. The monoisotopic (exact) mass is 224 g/mol. The van der Waals surface area contributed by atoms with Crippen molar-refractivity contribution in [1.29, 1.82) is 5.26 Å². The zero-order valence-electron chi connectivity index (χ0n) is 11.1. The van der Waals surface area contributed by atoms with E-state index in [1.807, 2.05) is 13.0 Å². The maximum atomic E-state index is 11.7. The van der Waals surface area contributed by atoms with Gasteiger partial charge >= 0.3 is 0 Å². The van der Waals surface area contributed by atoms with Gasteiger partial charge in [-0.15, -0.1) is 0 Å². The molecule has 0 aromatic carbocycles. The van der Waals surface area contributed by atoms with Gasteiger partial charge in [0.15, 0.2) is 0 Å². The van der Waals surface area contributed by atoms with Gasteiger partial charge in [0.2, 0.25) is 5.91 Å². The van der Waals surface area contributed by atoms with Crippen molar-refractivity contribution in [3.05, 3.63) is 0 Å². The van der Waals surface area contributed by atoms with E-state index in [0.717, 1.165) is 12.8 Å². The lowest BCUT2D eigenvalue weighted by atomic mass is 9.94. The van der Waals surface area contributed by atoms with Crippen LogP contribution in [-0.4, -0.2) is 11.9 Å². The lowest BCUT2D eigenvalue weighted by Gasteiger charge is -2.20. The second-order valence-corrected chi connectivity index (χ2v) is 5.44. The lowest BCUT2D eigenvalue weighted by Crippen LogP contribution is -2.41. The Kier molecular flexibility index (Phi) is 6.10. The molecule has 0 aliphatic heterocycles. The zero-order chi connectivity index (χ0) is 12.8. The Balaban J connectivity index is 3.93. The van der Waals surface area contributed by atoms with E-state index in [1.165, 1.54) is 6.42 Å². The number of hydrogen-bond donors (Lipinski definition) is 1. The summed E-state index contributed by atoms with van der Waals surface area (Å²) in [6.07, 6.45) is 3.28. The van der Waals surface area contributed by atoms with E-state index in [2.05, 4.69) is 19.2 Å². The molecule has 0 fully saturated rings. The highest BCUT2D eigenvalue weighted by Gasteiger charge is 2.27. The normalized spacial score (nSPS) is 13.3. The van der Waals surface area contributed by atoms with E-state index < -0.39 is 5.41 Å². The average Bonchev–Trinajstić information content (AvgIpc) is 2.16. The van der Waals surface area contributed by atoms with Crippen LogP contribution in [0.4, 0.5) is 0 Å². The van der Waals surface area contributed by atoms with Gasteiger partial charge in [-0.2, -0.15) is 5.26 Å². The second-order valence-electron chi connectivity index (χ2n) is 5.44. The Morgan fingerprint density at radius 1 is 1.31 bits per heavy atom. The summed E-state index contributed by atoms with van der Waals surface area (Å²) >= 11 is 0. The van der Waals surface area contributed by atoms with Crippen LogP contribution in [0.15, 0.2) is 0 Å². The summed E-state index contributed by atoms with van der Waals surface area (Å²) in [5.41, 5.74) is -0.924. The van der Waals surface area contributed by atoms with Gasteiger partial charge in [0.1, 0.15) is 5.41 Å². The Bertz CT molecular complexity index is 264. The summed E-state index contributed by atoms with van der Waals surface area (Å²) in [4.78, 5) is 11.7. The Labute approximate surface area is 99.2 Å². The van der Waals surface area contributed by atoms with E-state index in [0.29, 0.717) is 5.92 Å². The van der Waals surface area contributed by atoms with Crippen molar-refractivity contribution in [3.8, 4) is 6.07 Å². The largest absolute Gasteiger partial charge is 0.352 e. The molecule has 0 aromatic rings. The minimum absolute atomic E-state index is 0.152. The maximum Gasteiger partial charge on any atom is 0.240 e. The van der Waals surface area contributed by atoms with Crippen LogP contribution in [0.1, 0.15) is 53.9 Å². The molecular weight excluding hydrogens is 200 g/mol. The number of hydrogen-bond acceptors (Lipinski definition) is 2. The lowest BCUT2D eigenvalue weighted by molar-refractivity contribution is -0.127. The summed E-state index contributed by atoms with van der Waals surface area (Å²) in [6.45, 7) is 9.67. The minimum Gasteiger partial charge on any atom is -0.352 e. The predicted octanol–water partition coefficient (Wildman–Crippen LogP) is 2.87. The van der Waals surface area contributed by atoms with E-state index in [1.54, 1.807) is 13.8 Å². The van der Waals surface area contributed by atoms with Crippen molar-refractivity contribution >= 4 is 5.91 Å². The van der Waals surface area contributed by atoms with Crippen molar-refractivity contribution in [2.75, 3.05) is 0 Å². The number of nitrogens with one attached hydrogen (secondary N) is 1. The fourth-order valence-electron chi connectivity index (χ4n) is 1.36. The number of nitriles is 1. The molecule has 0 aromatic heterocycles. The van der Waals surface area contributed by atoms with Crippen LogP contribution >= 0.6 is 0 Å². The summed E-state index contributed by atoms with van der Waals surface area (Å²) in [6, 6.07) is 2.16. The first-order valence-electron chi connectivity index (χ1n) is 6.01. The molecule has 0 aliphatic carbocycles. The first kappa shape index (κ1) is 15.0. The number of rotatable bonds is 6. The number of nitrogens with zero attached hydrogens (tertiary/aromatic N) is 1. The molecule has 3 heteroatoms. The van der Waals surface area contributed by atoms with Crippen LogP contribution in [0.25, 0.3) is 0 Å². The summed E-state index contributed by atoms with van der Waals surface area (Å²) in [5, 5.41) is 11.7. The van der Waals surface area contributed by atoms with Gasteiger partial charge in [0.05, 0.1) is 6.07 Å². The van der Waals surface area contributed by atoms with E-state index in [4.69, 9.17) is 5.26 Å². The number of carbonyl (C=O) groups is 1. The average molecular weight is 224 g/mol. The summed E-state index contributed by atoms with van der Waals surface area (Å²) in [5.74, 6) is 0.533. The van der Waals surface area contributed by atoms with Gasteiger partial charge in [-0.1, -0.05) is 26.7 Å². The zero-order valence-corrected chi connectivity index (χ0v) is 11.1. The summed E-state index contributed by atoms with van der Waals surface area (Å²) < 4.78 is 0. The second kappa shape index (κ2) is 6.52. The van der Waals surface area contributed by atoms with Crippen LogP contribution in [0.2, 0.25) is 0 Å². The third-order valence-corrected chi connectivity index (χ3v) is 2.64. The van der Waals surface area contributed by atoms with Gasteiger partial charge in [-0.3, -0.25) is 4.79 Å². The number of carbonyl (C=O) groups excluding carboxylic acids is 1. The molecule has 1 amide bonds. The molecule has 16 heavy (non-hydrogen) atoms. The van der Waals surface area contributed by atoms with Crippen molar-refractivity contribution in [2.24, 2.45) is 11.3 Å². The Morgan fingerprint density at radius 2 is 1.88 bits per heavy atom. The first-order valence-corrected chi connectivity index (χ1v) is 6.01. The minimum atomic E-state index is -0.924. The van der Waals surface area contributed by atoms with Gasteiger partial charge in [0.25, 0.3) is 0 Å².